The van der Waals surface area contributed by atoms with Gasteiger partial charge in [0.05, 0.1) is 14.2 Å². The molecule has 2 rings (SSSR count). The predicted molar refractivity (Wildman–Crippen MR) is 101 cm³/mol. The number of hydrogen-bond donors (Lipinski definition) is 2. The minimum absolute atomic E-state index is 0.253. The fourth-order valence-electron chi connectivity index (χ4n) is 2.26. The third-order valence-electron chi connectivity index (χ3n) is 3.57. The summed E-state index contributed by atoms with van der Waals surface area (Å²) in [5.74, 6) is 1.68. The van der Waals surface area contributed by atoms with Crippen LogP contribution in [-0.2, 0) is 13.1 Å². The van der Waals surface area contributed by atoms with Gasteiger partial charge in [-0.15, -0.1) is 0 Å². The molecule has 2 N–H and O–H groups in total. The second kappa shape index (κ2) is 9.27. The highest BCUT2D eigenvalue weighted by Gasteiger charge is 2.10. The Hall–Kier alpha value is -2.28. The number of nitrogens with one attached hydrogen (secondary N) is 2. The van der Waals surface area contributed by atoms with Crippen molar-refractivity contribution in [3.63, 3.8) is 0 Å². The summed E-state index contributed by atoms with van der Waals surface area (Å²) in [6.45, 7) is 1.01. The number of rotatable bonds is 6. The van der Waals surface area contributed by atoms with Crippen LogP contribution in [0.25, 0.3) is 0 Å². The molecule has 0 radical (unpaired) electrons. The zero-order chi connectivity index (χ0) is 18.2. The number of halogens is 2. The number of methoxy groups -OCH3 is 2. The topological polar surface area (TPSA) is 54.9 Å². The molecule has 0 aromatic heterocycles. The Balaban J connectivity index is 1.99. The quantitative estimate of drug-likeness (QED) is 0.566. The van der Waals surface area contributed by atoms with Gasteiger partial charge in [0, 0.05) is 24.6 Å². The lowest BCUT2D eigenvalue weighted by molar-refractivity contribution is 0.354. The van der Waals surface area contributed by atoms with E-state index in [1.165, 1.54) is 12.1 Å². The van der Waals surface area contributed by atoms with Gasteiger partial charge in [-0.2, -0.15) is 0 Å². The Bertz CT molecular complexity index is 753. The van der Waals surface area contributed by atoms with E-state index in [0.29, 0.717) is 30.5 Å². The molecular formula is C18H21BrFN3O2. The molecule has 0 fully saturated rings. The van der Waals surface area contributed by atoms with Crippen molar-refractivity contribution in [2.75, 3.05) is 21.3 Å². The van der Waals surface area contributed by atoms with Crippen molar-refractivity contribution in [1.82, 2.24) is 10.6 Å². The van der Waals surface area contributed by atoms with Crippen molar-refractivity contribution in [1.29, 1.82) is 0 Å². The lowest BCUT2D eigenvalue weighted by atomic mass is 10.2. The molecule has 0 aliphatic heterocycles. The summed E-state index contributed by atoms with van der Waals surface area (Å²) >= 11 is 3.53. The number of nitrogens with zero attached hydrogens (tertiary/aromatic N) is 1. The van der Waals surface area contributed by atoms with Gasteiger partial charge in [-0.3, -0.25) is 4.99 Å². The second-order valence-corrected chi connectivity index (χ2v) is 6.06. The van der Waals surface area contributed by atoms with Crippen molar-refractivity contribution in [3.8, 4) is 11.5 Å². The van der Waals surface area contributed by atoms with E-state index < -0.39 is 0 Å². The highest BCUT2D eigenvalue weighted by atomic mass is 79.9. The average molecular weight is 410 g/mol. The van der Waals surface area contributed by atoms with E-state index in [2.05, 4.69) is 31.6 Å². The third-order valence-corrected chi connectivity index (χ3v) is 4.31. The van der Waals surface area contributed by atoms with E-state index in [1.54, 1.807) is 27.3 Å². The third kappa shape index (κ3) is 5.35. The van der Waals surface area contributed by atoms with E-state index in [1.807, 2.05) is 18.2 Å². The Labute approximate surface area is 155 Å². The van der Waals surface area contributed by atoms with Gasteiger partial charge in [-0.05, 0) is 35.4 Å². The van der Waals surface area contributed by atoms with Gasteiger partial charge in [0.15, 0.2) is 17.5 Å². The Morgan fingerprint density at radius 2 is 1.76 bits per heavy atom. The molecule has 5 nitrogen and oxygen atoms in total. The van der Waals surface area contributed by atoms with Gasteiger partial charge in [0.25, 0.3) is 0 Å². The fourth-order valence-corrected chi connectivity index (χ4v) is 2.73. The summed E-state index contributed by atoms with van der Waals surface area (Å²) in [4.78, 5) is 4.18. The van der Waals surface area contributed by atoms with Crippen LogP contribution in [0.5, 0.6) is 11.5 Å². The maximum absolute atomic E-state index is 13.2. The summed E-state index contributed by atoms with van der Waals surface area (Å²) in [6.07, 6.45) is 0. The molecule has 0 spiro atoms. The van der Waals surface area contributed by atoms with Crippen molar-refractivity contribution in [3.05, 3.63) is 57.8 Å². The van der Waals surface area contributed by atoms with E-state index in [0.717, 1.165) is 15.6 Å². The largest absolute Gasteiger partial charge is 0.493 e. The van der Waals surface area contributed by atoms with E-state index in [4.69, 9.17) is 9.47 Å². The molecule has 0 unspecified atom stereocenters. The van der Waals surface area contributed by atoms with Crippen LogP contribution in [0, 0.1) is 5.82 Å². The summed E-state index contributed by atoms with van der Waals surface area (Å²) in [5, 5.41) is 6.37. The van der Waals surface area contributed by atoms with Crippen molar-refractivity contribution >= 4 is 21.9 Å². The van der Waals surface area contributed by atoms with Crippen molar-refractivity contribution in [2.24, 2.45) is 4.99 Å². The summed E-state index contributed by atoms with van der Waals surface area (Å²) in [7, 11) is 4.88. The number of hydrogen-bond acceptors (Lipinski definition) is 3. The molecule has 0 amide bonds. The van der Waals surface area contributed by atoms with Gasteiger partial charge in [0.1, 0.15) is 5.82 Å². The van der Waals surface area contributed by atoms with Crippen LogP contribution in [0.15, 0.2) is 45.9 Å². The molecule has 25 heavy (non-hydrogen) atoms. The second-order valence-electron chi connectivity index (χ2n) is 5.21. The highest BCUT2D eigenvalue weighted by Crippen LogP contribution is 2.33. The molecule has 0 aliphatic rings. The molecule has 7 heteroatoms. The van der Waals surface area contributed by atoms with Crippen LogP contribution < -0.4 is 20.1 Å². The molecule has 0 aliphatic carbocycles. The molecule has 2 aromatic carbocycles. The molecule has 2 aromatic rings. The average Bonchev–Trinajstić information content (AvgIpc) is 2.62. The Kier molecular flexibility index (Phi) is 7.06. The van der Waals surface area contributed by atoms with E-state index in [-0.39, 0.29) is 5.82 Å². The van der Waals surface area contributed by atoms with Gasteiger partial charge in [-0.1, -0.05) is 28.1 Å². The maximum Gasteiger partial charge on any atom is 0.191 e. The van der Waals surface area contributed by atoms with Crippen LogP contribution >= 0.6 is 15.9 Å². The van der Waals surface area contributed by atoms with Crippen LogP contribution in [-0.4, -0.2) is 27.2 Å². The summed E-state index contributed by atoms with van der Waals surface area (Å²) in [6, 6.07) is 10.2. The molecule has 0 heterocycles. The lowest BCUT2D eigenvalue weighted by Crippen LogP contribution is -2.36. The van der Waals surface area contributed by atoms with Crippen LogP contribution in [0.1, 0.15) is 11.1 Å². The lowest BCUT2D eigenvalue weighted by Gasteiger charge is -2.15. The molecule has 0 bridgehead atoms. The minimum atomic E-state index is -0.253. The number of aliphatic imine (C=N–C) groups is 1. The normalized spacial score (nSPS) is 11.2. The molecule has 134 valence electrons. The van der Waals surface area contributed by atoms with Gasteiger partial charge >= 0.3 is 0 Å². The molecule has 0 saturated heterocycles. The molecule has 0 saturated carbocycles. The van der Waals surface area contributed by atoms with Crippen molar-refractivity contribution in [2.45, 2.75) is 13.1 Å². The zero-order valence-corrected chi connectivity index (χ0v) is 16.0. The highest BCUT2D eigenvalue weighted by molar-refractivity contribution is 9.10. The first-order valence-electron chi connectivity index (χ1n) is 7.66. The summed E-state index contributed by atoms with van der Waals surface area (Å²) < 4.78 is 24.7. The van der Waals surface area contributed by atoms with Gasteiger partial charge in [-0.25, -0.2) is 4.39 Å². The SMILES string of the molecule is CN=C(NCc1cccc(F)c1)NCc1cc(OC)c(OC)cc1Br. The monoisotopic (exact) mass is 409 g/mol. The Morgan fingerprint density at radius 1 is 1.08 bits per heavy atom. The number of ether oxygens (including phenoxy) is 2. The summed E-state index contributed by atoms with van der Waals surface area (Å²) in [5.41, 5.74) is 1.83. The van der Waals surface area contributed by atoms with E-state index in [9.17, 15) is 4.39 Å². The zero-order valence-electron chi connectivity index (χ0n) is 14.4. The van der Waals surface area contributed by atoms with Crippen molar-refractivity contribution < 1.29 is 13.9 Å². The van der Waals surface area contributed by atoms with E-state index >= 15 is 0 Å². The standard InChI is InChI=1S/C18H21BrFN3O2/c1-21-18(22-10-12-5-4-6-14(20)7-12)23-11-13-8-16(24-2)17(25-3)9-15(13)19/h4-9H,10-11H2,1-3H3,(H2,21,22,23). The first-order valence-corrected chi connectivity index (χ1v) is 8.46. The maximum atomic E-state index is 13.2. The predicted octanol–water partition coefficient (Wildman–Crippen LogP) is 3.47. The minimum Gasteiger partial charge on any atom is -0.493 e. The van der Waals surface area contributed by atoms with Crippen LogP contribution in [0.3, 0.4) is 0 Å². The van der Waals surface area contributed by atoms with Gasteiger partial charge in [0.2, 0.25) is 0 Å². The smallest absolute Gasteiger partial charge is 0.191 e. The Morgan fingerprint density at radius 3 is 2.40 bits per heavy atom. The van der Waals surface area contributed by atoms with Crippen LogP contribution in [0.4, 0.5) is 4.39 Å². The first kappa shape index (κ1) is 19.1. The first-order chi connectivity index (χ1) is 12.1. The molecular weight excluding hydrogens is 389 g/mol. The molecule has 0 atom stereocenters. The van der Waals surface area contributed by atoms with Crippen LogP contribution in [0.2, 0.25) is 0 Å². The fraction of sp³-hybridized carbons (Fsp3) is 0.278. The number of benzene rings is 2. The van der Waals surface area contributed by atoms with Gasteiger partial charge < -0.3 is 20.1 Å². The number of guanidine groups is 1.